The van der Waals surface area contributed by atoms with Crippen molar-refractivity contribution >= 4 is 5.91 Å². The first-order chi connectivity index (χ1) is 8.79. The normalized spacial score (nSPS) is 12.1. The van der Waals surface area contributed by atoms with Crippen molar-refractivity contribution in [1.82, 2.24) is 20.3 Å². The summed E-state index contributed by atoms with van der Waals surface area (Å²) in [5.41, 5.74) is 0.768. The number of aromatic nitrogens is 3. The molecule has 0 saturated heterocycles. The molecular formula is C13H16N4O. The van der Waals surface area contributed by atoms with Crippen molar-refractivity contribution < 1.29 is 4.79 Å². The third-order valence-corrected chi connectivity index (χ3v) is 2.66. The fourth-order valence-electron chi connectivity index (χ4n) is 1.74. The third kappa shape index (κ3) is 3.16. The highest BCUT2D eigenvalue weighted by Gasteiger charge is 2.14. The van der Waals surface area contributed by atoms with Gasteiger partial charge in [0.05, 0.1) is 12.5 Å². The SMILES string of the molecule is CCC(NC(=O)Cc1ccccn1)c1ncc[nH]1. The Morgan fingerprint density at radius 1 is 1.39 bits per heavy atom. The topological polar surface area (TPSA) is 70.7 Å². The number of pyridine rings is 1. The highest BCUT2D eigenvalue weighted by atomic mass is 16.1. The van der Waals surface area contributed by atoms with Crippen molar-refractivity contribution in [3.05, 3.63) is 48.3 Å². The van der Waals surface area contributed by atoms with Crippen LogP contribution < -0.4 is 5.32 Å². The number of amides is 1. The maximum atomic E-state index is 11.9. The van der Waals surface area contributed by atoms with Gasteiger partial charge in [0.2, 0.25) is 5.91 Å². The van der Waals surface area contributed by atoms with E-state index in [1.165, 1.54) is 0 Å². The first-order valence-electron chi connectivity index (χ1n) is 5.98. The van der Waals surface area contributed by atoms with Crippen LogP contribution in [0, 0.1) is 0 Å². The van der Waals surface area contributed by atoms with Crippen molar-refractivity contribution in [1.29, 1.82) is 0 Å². The van der Waals surface area contributed by atoms with E-state index in [1.54, 1.807) is 18.6 Å². The maximum absolute atomic E-state index is 11.9. The van der Waals surface area contributed by atoms with E-state index in [0.717, 1.165) is 17.9 Å². The summed E-state index contributed by atoms with van der Waals surface area (Å²) in [5.74, 6) is 0.740. The number of hydrogen-bond acceptors (Lipinski definition) is 3. The lowest BCUT2D eigenvalue weighted by atomic mass is 10.2. The summed E-state index contributed by atoms with van der Waals surface area (Å²) in [6.07, 6.45) is 6.21. The predicted octanol–water partition coefficient (Wildman–Crippen LogP) is 1.61. The number of rotatable bonds is 5. The minimum atomic E-state index is -0.0730. The van der Waals surface area contributed by atoms with Gasteiger partial charge in [-0.25, -0.2) is 4.98 Å². The van der Waals surface area contributed by atoms with E-state index < -0.39 is 0 Å². The molecule has 0 aliphatic carbocycles. The Kier molecular flexibility index (Phi) is 4.06. The molecule has 0 aromatic carbocycles. The summed E-state index contributed by atoms with van der Waals surface area (Å²) in [4.78, 5) is 23.2. The maximum Gasteiger partial charge on any atom is 0.226 e. The molecule has 5 heteroatoms. The van der Waals surface area contributed by atoms with Crippen LogP contribution in [0.1, 0.15) is 30.9 Å². The molecule has 2 heterocycles. The zero-order valence-corrected chi connectivity index (χ0v) is 10.3. The summed E-state index contributed by atoms with van der Waals surface area (Å²) < 4.78 is 0. The number of H-pyrrole nitrogens is 1. The Morgan fingerprint density at radius 3 is 2.89 bits per heavy atom. The van der Waals surface area contributed by atoms with Crippen molar-refractivity contribution in [3.63, 3.8) is 0 Å². The molecule has 0 saturated carbocycles. The summed E-state index contributed by atoms with van der Waals surface area (Å²) in [6, 6.07) is 5.47. The van der Waals surface area contributed by atoms with Crippen LogP contribution in [0.4, 0.5) is 0 Å². The van der Waals surface area contributed by atoms with Gasteiger partial charge in [-0.15, -0.1) is 0 Å². The number of aromatic amines is 1. The summed E-state index contributed by atoms with van der Waals surface area (Å²) in [7, 11) is 0. The molecule has 0 fully saturated rings. The van der Waals surface area contributed by atoms with Gasteiger partial charge in [0.25, 0.3) is 0 Å². The number of hydrogen-bond donors (Lipinski definition) is 2. The third-order valence-electron chi connectivity index (χ3n) is 2.66. The van der Waals surface area contributed by atoms with E-state index in [1.807, 2.05) is 25.1 Å². The highest BCUT2D eigenvalue weighted by Crippen LogP contribution is 2.11. The van der Waals surface area contributed by atoms with E-state index in [-0.39, 0.29) is 18.4 Å². The Morgan fingerprint density at radius 2 is 2.28 bits per heavy atom. The van der Waals surface area contributed by atoms with Crippen molar-refractivity contribution in [3.8, 4) is 0 Å². The minimum Gasteiger partial charge on any atom is -0.347 e. The van der Waals surface area contributed by atoms with Crippen molar-refractivity contribution in [2.45, 2.75) is 25.8 Å². The Bertz CT molecular complexity index is 481. The van der Waals surface area contributed by atoms with Gasteiger partial charge in [-0.05, 0) is 18.6 Å². The molecule has 1 amide bonds. The van der Waals surface area contributed by atoms with Crippen LogP contribution in [0.25, 0.3) is 0 Å². The average Bonchev–Trinajstić information content (AvgIpc) is 2.91. The second-order valence-electron chi connectivity index (χ2n) is 4.00. The van der Waals surface area contributed by atoms with E-state index in [9.17, 15) is 4.79 Å². The van der Waals surface area contributed by atoms with Crippen LogP contribution >= 0.6 is 0 Å². The molecule has 5 nitrogen and oxygen atoms in total. The Labute approximate surface area is 106 Å². The monoisotopic (exact) mass is 244 g/mol. The van der Waals surface area contributed by atoms with Crippen LogP contribution in [0.5, 0.6) is 0 Å². The highest BCUT2D eigenvalue weighted by molar-refractivity contribution is 5.78. The van der Waals surface area contributed by atoms with Gasteiger partial charge in [0, 0.05) is 24.3 Å². The second kappa shape index (κ2) is 5.95. The molecule has 0 spiro atoms. The van der Waals surface area contributed by atoms with Gasteiger partial charge in [0.15, 0.2) is 0 Å². The molecule has 2 rings (SSSR count). The molecule has 1 atom stereocenters. The number of imidazole rings is 1. The number of carbonyl (C=O) groups is 1. The van der Waals surface area contributed by atoms with E-state index >= 15 is 0 Å². The minimum absolute atomic E-state index is 0.0445. The fraction of sp³-hybridized carbons (Fsp3) is 0.308. The smallest absolute Gasteiger partial charge is 0.226 e. The fourth-order valence-corrected chi connectivity index (χ4v) is 1.74. The lowest BCUT2D eigenvalue weighted by Gasteiger charge is -2.14. The largest absolute Gasteiger partial charge is 0.347 e. The van der Waals surface area contributed by atoms with Crippen molar-refractivity contribution in [2.24, 2.45) is 0 Å². The summed E-state index contributed by atoms with van der Waals surface area (Å²) in [6.45, 7) is 2.01. The second-order valence-corrected chi connectivity index (χ2v) is 4.00. The van der Waals surface area contributed by atoms with Gasteiger partial charge in [-0.1, -0.05) is 13.0 Å². The first kappa shape index (κ1) is 12.3. The number of nitrogens with zero attached hydrogens (tertiary/aromatic N) is 2. The first-order valence-corrected chi connectivity index (χ1v) is 5.98. The van der Waals surface area contributed by atoms with Crippen molar-refractivity contribution in [2.75, 3.05) is 0 Å². The quantitative estimate of drug-likeness (QED) is 0.839. The van der Waals surface area contributed by atoms with Gasteiger partial charge >= 0.3 is 0 Å². The molecule has 0 bridgehead atoms. The van der Waals surface area contributed by atoms with Gasteiger partial charge < -0.3 is 10.3 Å². The summed E-state index contributed by atoms with van der Waals surface area (Å²) >= 11 is 0. The lowest BCUT2D eigenvalue weighted by molar-refractivity contribution is -0.121. The lowest BCUT2D eigenvalue weighted by Crippen LogP contribution is -2.30. The van der Waals surface area contributed by atoms with Crippen LogP contribution in [0.2, 0.25) is 0 Å². The van der Waals surface area contributed by atoms with Gasteiger partial charge in [0.1, 0.15) is 5.82 Å². The predicted molar refractivity (Wildman–Crippen MR) is 67.7 cm³/mol. The molecular weight excluding hydrogens is 228 g/mol. The zero-order chi connectivity index (χ0) is 12.8. The molecule has 0 radical (unpaired) electrons. The average molecular weight is 244 g/mol. The molecule has 0 aliphatic heterocycles. The molecule has 18 heavy (non-hydrogen) atoms. The van der Waals surface area contributed by atoms with Crippen LogP contribution in [-0.4, -0.2) is 20.9 Å². The Hall–Kier alpha value is -2.17. The van der Waals surface area contributed by atoms with E-state index in [2.05, 4.69) is 20.3 Å². The van der Waals surface area contributed by atoms with Gasteiger partial charge in [-0.3, -0.25) is 9.78 Å². The molecule has 94 valence electrons. The molecule has 0 aliphatic rings. The van der Waals surface area contributed by atoms with E-state index in [0.29, 0.717) is 0 Å². The van der Waals surface area contributed by atoms with Crippen LogP contribution in [0.3, 0.4) is 0 Å². The Balaban J connectivity index is 1.94. The van der Waals surface area contributed by atoms with E-state index in [4.69, 9.17) is 0 Å². The summed E-state index contributed by atoms with van der Waals surface area (Å²) in [5, 5.41) is 2.94. The van der Waals surface area contributed by atoms with Gasteiger partial charge in [-0.2, -0.15) is 0 Å². The zero-order valence-electron chi connectivity index (χ0n) is 10.3. The van der Waals surface area contributed by atoms with Crippen LogP contribution in [0.15, 0.2) is 36.8 Å². The van der Waals surface area contributed by atoms with Crippen LogP contribution in [-0.2, 0) is 11.2 Å². The standard InChI is InChI=1S/C13H16N4O/c1-2-11(13-15-7-8-16-13)17-12(18)9-10-5-3-4-6-14-10/h3-8,11H,2,9H2,1H3,(H,15,16)(H,17,18). The molecule has 1 unspecified atom stereocenters. The molecule has 2 aromatic rings. The molecule has 2 aromatic heterocycles. The number of nitrogens with one attached hydrogen (secondary N) is 2. The molecule has 2 N–H and O–H groups in total. The number of carbonyl (C=O) groups excluding carboxylic acids is 1.